The summed E-state index contributed by atoms with van der Waals surface area (Å²) in [6.07, 6.45) is 2.03. The quantitative estimate of drug-likeness (QED) is 0.418. The standard InChI is InChI=1S/C27H23N3O5/c1-14-10-19(16(3)29-21-8-4-6-18-13-30(27(33)34)26(32)22(18)21)25-20(11-14)23(31)15(2)24(35-25)17-7-5-9-28-12-17/h4-12,16,29H,13H2,1-3H3,(H,33,34). The number of nitrogens with zero attached hydrogens (tertiary/aromatic N) is 2. The van der Waals surface area contributed by atoms with Crippen LogP contribution in [0.5, 0.6) is 0 Å². The number of carboxylic acid groups (broad SMARTS) is 1. The Kier molecular flexibility index (Phi) is 5.36. The second kappa shape index (κ2) is 8.39. The van der Waals surface area contributed by atoms with Crippen LogP contribution in [-0.4, -0.2) is 27.0 Å². The highest BCUT2D eigenvalue weighted by molar-refractivity contribution is 6.09. The zero-order valence-corrected chi connectivity index (χ0v) is 19.5. The number of aromatic nitrogens is 1. The number of hydrogen-bond donors (Lipinski definition) is 2. The number of nitrogens with one attached hydrogen (secondary N) is 1. The van der Waals surface area contributed by atoms with Crippen LogP contribution in [0.3, 0.4) is 0 Å². The summed E-state index contributed by atoms with van der Waals surface area (Å²) in [5.41, 5.74) is 4.71. The minimum Gasteiger partial charge on any atom is -0.465 e. The van der Waals surface area contributed by atoms with Crippen LogP contribution in [0.4, 0.5) is 10.5 Å². The second-order valence-corrected chi connectivity index (χ2v) is 8.74. The fourth-order valence-electron chi connectivity index (χ4n) is 4.61. The summed E-state index contributed by atoms with van der Waals surface area (Å²) < 4.78 is 6.33. The molecule has 8 nitrogen and oxygen atoms in total. The first-order valence-corrected chi connectivity index (χ1v) is 11.2. The van der Waals surface area contributed by atoms with Gasteiger partial charge in [0, 0.05) is 34.8 Å². The van der Waals surface area contributed by atoms with Crippen LogP contribution < -0.4 is 10.7 Å². The molecule has 8 heteroatoms. The molecule has 0 radical (unpaired) electrons. The molecule has 2 aromatic carbocycles. The molecule has 0 bridgehead atoms. The SMILES string of the molecule is Cc1cc(C(C)Nc2cccc3c2C(=O)N(C(=O)O)C3)c2oc(-c3cccnc3)c(C)c(=O)c2c1. The van der Waals surface area contributed by atoms with Crippen LogP contribution in [0.25, 0.3) is 22.3 Å². The first-order valence-electron chi connectivity index (χ1n) is 11.2. The molecule has 0 fully saturated rings. The maximum absolute atomic E-state index is 13.3. The predicted octanol–water partition coefficient (Wildman–Crippen LogP) is 5.28. The third-order valence-corrected chi connectivity index (χ3v) is 6.32. The minimum absolute atomic E-state index is 0.0173. The summed E-state index contributed by atoms with van der Waals surface area (Å²) in [7, 11) is 0. The highest BCUT2D eigenvalue weighted by atomic mass is 16.4. The summed E-state index contributed by atoms with van der Waals surface area (Å²) in [5, 5.41) is 13.2. The smallest absolute Gasteiger partial charge is 0.414 e. The van der Waals surface area contributed by atoms with E-state index in [0.29, 0.717) is 44.7 Å². The molecule has 4 aromatic rings. The van der Waals surface area contributed by atoms with E-state index in [1.807, 2.05) is 32.0 Å². The van der Waals surface area contributed by atoms with E-state index in [1.54, 1.807) is 43.6 Å². The summed E-state index contributed by atoms with van der Waals surface area (Å²) in [6.45, 7) is 5.58. The number of pyridine rings is 1. The van der Waals surface area contributed by atoms with Gasteiger partial charge < -0.3 is 14.8 Å². The Bertz CT molecular complexity index is 1560. The largest absolute Gasteiger partial charge is 0.465 e. The van der Waals surface area contributed by atoms with Crippen LogP contribution in [0.1, 0.15) is 45.6 Å². The Morgan fingerprint density at radius 2 is 1.97 bits per heavy atom. The number of rotatable bonds is 4. The van der Waals surface area contributed by atoms with E-state index >= 15 is 0 Å². The van der Waals surface area contributed by atoms with Crippen LogP contribution in [0.2, 0.25) is 0 Å². The van der Waals surface area contributed by atoms with E-state index in [0.717, 1.165) is 16.0 Å². The summed E-state index contributed by atoms with van der Waals surface area (Å²) in [5.74, 6) is -0.0984. The maximum atomic E-state index is 13.3. The summed E-state index contributed by atoms with van der Waals surface area (Å²) in [4.78, 5) is 42.5. The van der Waals surface area contributed by atoms with Gasteiger partial charge in [-0.15, -0.1) is 0 Å². The molecule has 2 N–H and O–H groups in total. The van der Waals surface area contributed by atoms with Crippen molar-refractivity contribution in [3.63, 3.8) is 0 Å². The molecule has 1 atom stereocenters. The van der Waals surface area contributed by atoms with Gasteiger partial charge >= 0.3 is 6.09 Å². The molecule has 35 heavy (non-hydrogen) atoms. The van der Waals surface area contributed by atoms with Crippen LogP contribution in [0, 0.1) is 13.8 Å². The molecule has 5 rings (SSSR count). The van der Waals surface area contributed by atoms with Gasteiger partial charge in [0.05, 0.1) is 23.5 Å². The molecular weight excluding hydrogens is 446 g/mol. The Balaban J connectivity index is 1.62. The molecular formula is C27H23N3O5. The van der Waals surface area contributed by atoms with Gasteiger partial charge in [-0.25, -0.2) is 9.69 Å². The number of benzene rings is 2. The molecule has 0 aliphatic carbocycles. The lowest BCUT2D eigenvalue weighted by molar-refractivity contribution is 0.0764. The number of hydrogen-bond acceptors (Lipinski definition) is 6. The Labute approximate surface area is 200 Å². The van der Waals surface area contributed by atoms with Crippen molar-refractivity contribution >= 4 is 28.7 Å². The summed E-state index contributed by atoms with van der Waals surface area (Å²) >= 11 is 0. The van der Waals surface area contributed by atoms with Gasteiger partial charge in [-0.3, -0.25) is 14.6 Å². The van der Waals surface area contributed by atoms with Crippen molar-refractivity contribution in [1.82, 2.24) is 9.88 Å². The van der Waals surface area contributed by atoms with Gasteiger partial charge in [0.2, 0.25) is 0 Å². The number of carbonyl (C=O) groups excluding carboxylic acids is 1. The Morgan fingerprint density at radius 1 is 1.17 bits per heavy atom. The number of fused-ring (bicyclic) bond motifs is 2. The van der Waals surface area contributed by atoms with Gasteiger partial charge in [-0.05, 0) is 56.2 Å². The lowest BCUT2D eigenvalue weighted by Crippen LogP contribution is -2.29. The molecule has 1 unspecified atom stereocenters. The van der Waals surface area contributed by atoms with Crippen molar-refractivity contribution < 1.29 is 19.1 Å². The first kappa shape index (κ1) is 22.3. The molecule has 2 amide bonds. The van der Waals surface area contributed by atoms with Crippen molar-refractivity contribution in [2.45, 2.75) is 33.4 Å². The molecule has 1 aliphatic rings. The normalized spacial score (nSPS) is 13.7. The van der Waals surface area contributed by atoms with Crippen molar-refractivity contribution in [3.05, 3.63) is 92.9 Å². The van der Waals surface area contributed by atoms with E-state index in [1.165, 1.54) is 0 Å². The monoisotopic (exact) mass is 469 g/mol. The van der Waals surface area contributed by atoms with E-state index < -0.39 is 12.0 Å². The Morgan fingerprint density at radius 3 is 2.69 bits per heavy atom. The highest BCUT2D eigenvalue weighted by Crippen LogP contribution is 2.35. The van der Waals surface area contributed by atoms with E-state index in [-0.39, 0.29) is 18.0 Å². The molecule has 176 valence electrons. The fourth-order valence-corrected chi connectivity index (χ4v) is 4.61. The lowest BCUT2D eigenvalue weighted by Gasteiger charge is -2.20. The van der Waals surface area contributed by atoms with Gasteiger partial charge in [-0.2, -0.15) is 0 Å². The van der Waals surface area contributed by atoms with Crippen molar-refractivity contribution in [2.24, 2.45) is 0 Å². The molecule has 1 aliphatic heterocycles. The number of imide groups is 1. The molecule has 0 saturated carbocycles. The van der Waals surface area contributed by atoms with Crippen molar-refractivity contribution in [1.29, 1.82) is 0 Å². The zero-order valence-electron chi connectivity index (χ0n) is 19.5. The zero-order chi connectivity index (χ0) is 24.9. The van der Waals surface area contributed by atoms with E-state index in [2.05, 4.69) is 10.3 Å². The topological polar surface area (TPSA) is 113 Å². The third kappa shape index (κ3) is 3.73. The summed E-state index contributed by atoms with van der Waals surface area (Å²) in [6, 6.07) is 12.3. The lowest BCUT2D eigenvalue weighted by atomic mass is 9.98. The van der Waals surface area contributed by atoms with Crippen molar-refractivity contribution in [3.8, 4) is 11.3 Å². The minimum atomic E-state index is -1.28. The second-order valence-electron chi connectivity index (χ2n) is 8.74. The van der Waals surface area contributed by atoms with Gasteiger partial charge in [0.1, 0.15) is 11.3 Å². The molecule has 0 spiro atoms. The van der Waals surface area contributed by atoms with Crippen LogP contribution in [0.15, 0.2) is 64.1 Å². The van der Waals surface area contributed by atoms with E-state index in [9.17, 15) is 19.5 Å². The number of anilines is 1. The van der Waals surface area contributed by atoms with Gasteiger partial charge in [-0.1, -0.05) is 18.2 Å². The average Bonchev–Trinajstić information content (AvgIpc) is 3.19. The molecule has 2 aromatic heterocycles. The molecule has 0 saturated heterocycles. The number of carbonyl (C=O) groups is 2. The third-order valence-electron chi connectivity index (χ3n) is 6.32. The average molecular weight is 469 g/mol. The van der Waals surface area contributed by atoms with Gasteiger partial charge in [0.25, 0.3) is 5.91 Å². The molecule has 3 heterocycles. The van der Waals surface area contributed by atoms with Crippen molar-refractivity contribution in [2.75, 3.05) is 5.32 Å². The Hall–Kier alpha value is -4.46. The fraction of sp³-hybridized carbons (Fsp3) is 0.185. The maximum Gasteiger partial charge on any atom is 0.414 e. The number of amides is 2. The first-order chi connectivity index (χ1) is 16.8. The van der Waals surface area contributed by atoms with Crippen LogP contribution >= 0.6 is 0 Å². The van der Waals surface area contributed by atoms with Crippen LogP contribution in [-0.2, 0) is 6.54 Å². The van der Waals surface area contributed by atoms with E-state index in [4.69, 9.17) is 4.42 Å². The predicted molar refractivity (Wildman–Crippen MR) is 132 cm³/mol. The highest BCUT2D eigenvalue weighted by Gasteiger charge is 2.34. The van der Waals surface area contributed by atoms with Gasteiger partial charge in [0.15, 0.2) is 5.43 Å². The number of aryl methyl sites for hydroxylation is 1.